The van der Waals surface area contributed by atoms with E-state index in [4.69, 9.17) is 18.0 Å². The van der Waals surface area contributed by atoms with Crippen LogP contribution in [0.1, 0.15) is 43.7 Å². The van der Waals surface area contributed by atoms with E-state index in [2.05, 4.69) is 18.9 Å². The number of thiocarbonyl (C=S) groups is 1. The van der Waals surface area contributed by atoms with Gasteiger partial charge in [-0.05, 0) is 43.5 Å². The summed E-state index contributed by atoms with van der Waals surface area (Å²) in [4.78, 5) is 2.63. The van der Waals surface area contributed by atoms with E-state index in [9.17, 15) is 4.39 Å². The first-order chi connectivity index (χ1) is 9.49. The van der Waals surface area contributed by atoms with E-state index in [1.54, 1.807) is 6.07 Å². The first-order valence-electron chi connectivity index (χ1n) is 7.27. The number of hydrogen-bond donors (Lipinski definition) is 1. The van der Waals surface area contributed by atoms with Crippen LogP contribution in [-0.2, 0) is 6.54 Å². The second-order valence-electron chi connectivity index (χ2n) is 5.91. The lowest BCUT2D eigenvalue weighted by atomic mass is 9.85. The minimum absolute atomic E-state index is 0.268. The van der Waals surface area contributed by atoms with Crippen molar-refractivity contribution >= 4 is 17.2 Å². The van der Waals surface area contributed by atoms with Crippen molar-refractivity contribution < 1.29 is 4.39 Å². The Kier molecular flexibility index (Phi) is 5.11. The van der Waals surface area contributed by atoms with Gasteiger partial charge in [0.05, 0.1) is 0 Å². The number of rotatable bonds is 4. The fourth-order valence-corrected chi connectivity index (χ4v) is 3.44. The Morgan fingerprint density at radius 1 is 1.40 bits per heavy atom. The number of nitrogens with two attached hydrogens (primary N) is 1. The largest absolute Gasteiger partial charge is 0.389 e. The molecule has 0 aromatic heterocycles. The second-order valence-corrected chi connectivity index (χ2v) is 6.35. The molecule has 2 N–H and O–H groups in total. The topological polar surface area (TPSA) is 29.3 Å². The number of benzene rings is 1. The molecule has 1 aliphatic rings. The molecule has 1 fully saturated rings. The number of hydrogen-bond acceptors (Lipinski definition) is 2. The normalized spacial score (nSPS) is 23.0. The molecule has 1 aromatic carbocycles. The molecule has 0 aliphatic heterocycles. The van der Waals surface area contributed by atoms with Crippen LogP contribution in [0.4, 0.5) is 4.39 Å². The summed E-state index contributed by atoms with van der Waals surface area (Å²) < 4.78 is 13.3. The lowest BCUT2D eigenvalue weighted by Crippen LogP contribution is -2.38. The summed E-state index contributed by atoms with van der Waals surface area (Å²) in [5.74, 6) is 0.424. The van der Waals surface area contributed by atoms with E-state index in [1.165, 1.54) is 37.8 Å². The molecule has 110 valence electrons. The average molecular weight is 294 g/mol. The van der Waals surface area contributed by atoms with E-state index in [0.29, 0.717) is 17.5 Å². The van der Waals surface area contributed by atoms with Crippen molar-refractivity contribution in [3.63, 3.8) is 0 Å². The van der Waals surface area contributed by atoms with Gasteiger partial charge < -0.3 is 5.73 Å². The van der Waals surface area contributed by atoms with Crippen LogP contribution in [0.25, 0.3) is 0 Å². The molecule has 2 unspecified atom stereocenters. The van der Waals surface area contributed by atoms with Crippen LogP contribution in [0, 0.1) is 11.7 Å². The first-order valence-corrected chi connectivity index (χ1v) is 7.68. The summed E-state index contributed by atoms with van der Waals surface area (Å²) in [5.41, 5.74) is 7.39. The first kappa shape index (κ1) is 15.4. The maximum absolute atomic E-state index is 13.3. The molecule has 1 aromatic rings. The third-order valence-corrected chi connectivity index (χ3v) is 4.61. The molecule has 0 saturated heterocycles. The van der Waals surface area contributed by atoms with E-state index >= 15 is 0 Å². The van der Waals surface area contributed by atoms with Gasteiger partial charge in [-0.25, -0.2) is 4.39 Å². The van der Waals surface area contributed by atoms with E-state index in [1.807, 2.05) is 0 Å². The quantitative estimate of drug-likeness (QED) is 0.862. The zero-order valence-corrected chi connectivity index (χ0v) is 13.0. The Morgan fingerprint density at radius 3 is 2.75 bits per heavy atom. The van der Waals surface area contributed by atoms with Gasteiger partial charge in [-0.15, -0.1) is 0 Å². The maximum atomic E-state index is 13.3. The second kappa shape index (κ2) is 6.64. The van der Waals surface area contributed by atoms with Crippen molar-refractivity contribution in [2.24, 2.45) is 11.7 Å². The number of nitrogens with zero attached hydrogens (tertiary/aromatic N) is 1. The SMILES string of the molecule is CC1CCCCC1N(C)Cc1ccc(F)cc1C(N)=S. The van der Waals surface area contributed by atoms with Crippen LogP contribution in [0.5, 0.6) is 0 Å². The fraction of sp³-hybridized carbons (Fsp3) is 0.562. The van der Waals surface area contributed by atoms with Crippen LogP contribution in [0.15, 0.2) is 18.2 Å². The Bertz CT molecular complexity index is 489. The van der Waals surface area contributed by atoms with Gasteiger partial charge in [-0.2, -0.15) is 0 Å². The molecule has 2 rings (SSSR count). The summed E-state index contributed by atoms with van der Waals surface area (Å²) in [6.07, 6.45) is 5.16. The van der Waals surface area contributed by atoms with E-state index in [-0.39, 0.29) is 10.8 Å². The smallest absolute Gasteiger partial charge is 0.123 e. The molecule has 1 saturated carbocycles. The highest BCUT2D eigenvalue weighted by Crippen LogP contribution is 2.28. The molecule has 0 spiro atoms. The van der Waals surface area contributed by atoms with Gasteiger partial charge in [0.15, 0.2) is 0 Å². The lowest BCUT2D eigenvalue weighted by Gasteiger charge is -2.36. The summed E-state index contributed by atoms with van der Waals surface area (Å²) in [6.45, 7) is 3.08. The minimum Gasteiger partial charge on any atom is -0.389 e. The molecule has 4 heteroatoms. The Balaban J connectivity index is 2.14. The van der Waals surface area contributed by atoms with E-state index < -0.39 is 0 Å². The molecule has 0 heterocycles. The van der Waals surface area contributed by atoms with Crippen molar-refractivity contribution in [1.29, 1.82) is 0 Å². The highest BCUT2D eigenvalue weighted by molar-refractivity contribution is 7.80. The third kappa shape index (κ3) is 3.55. The lowest BCUT2D eigenvalue weighted by molar-refractivity contribution is 0.133. The molecule has 0 bridgehead atoms. The molecule has 0 amide bonds. The van der Waals surface area contributed by atoms with Gasteiger partial charge in [-0.1, -0.05) is 38.0 Å². The van der Waals surface area contributed by atoms with Crippen LogP contribution in [0.2, 0.25) is 0 Å². The molecule has 1 aliphatic carbocycles. The van der Waals surface area contributed by atoms with Crippen molar-refractivity contribution in [3.8, 4) is 0 Å². The van der Waals surface area contributed by atoms with Gasteiger partial charge in [0.2, 0.25) is 0 Å². The van der Waals surface area contributed by atoms with Crippen molar-refractivity contribution in [2.45, 2.75) is 45.2 Å². The Hall–Kier alpha value is -1.00. The zero-order chi connectivity index (χ0) is 14.7. The standard InChI is InChI=1S/C16H23FN2S/c1-11-5-3-4-6-15(11)19(2)10-12-7-8-13(17)9-14(12)16(18)20/h7-9,11,15H,3-6,10H2,1-2H3,(H2,18,20). The highest BCUT2D eigenvalue weighted by atomic mass is 32.1. The predicted molar refractivity (Wildman–Crippen MR) is 85.2 cm³/mol. The summed E-state index contributed by atoms with van der Waals surface area (Å²) >= 11 is 5.03. The van der Waals surface area contributed by atoms with Crippen molar-refractivity contribution in [3.05, 3.63) is 35.1 Å². The van der Waals surface area contributed by atoms with Crippen LogP contribution in [0.3, 0.4) is 0 Å². The molecule has 2 atom stereocenters. The Morgan fingerprint density at radius 2 is 2.10 bits per heavy atom. The van der Waals surface area contributed by atoms with Gasteiger partial charge >= 0.3 is 0 Å². The zero-order valence-electron chi connectivity index (χ0n) is 12.2. The molecule has 2 nitrogen and oxygen atoms in total. The average Bonchev–Trinajstić information content (AvgIpc) is 2.41. The van der Waals surface area contributed by atoms with Crippen LogP contribution < -0.4 is 5.73 Å². The summed E-state index contributed by atoms with van der Waals surface area (Å²) in [6, 6.07) is 5.31. The van der Waals surface area contributed by atoms with Crippen molar-refractivity contribution in [2.75, 3.05) is 7.05 Å². The van der Waals surface area contributed by atoms with E-state index in [0.717, 1.165) is 12.1 Å². The predicted octanol–water partition coefficient (Wildman–Crippen LogP) is 3.47. The van der Waals surface area contributed by atoms with Gasteiger partial charge in [0.1, 0.15) is 10.8 Å². The molecule has 20 heavy (non-hydrogen) atoms. The monoisotopic (exact) mass is 294 g/mol. The number of halogens is 1. The fourth-order valence-electron chi connectivity index (χ4n) is 3.25. The van der Waals surface area contributed by atoms with Crippen LogP contribution in [-0.4, -0.2) is 23.0 Å². The molecular formula is C16H23FN2S. The Labute approximate surface area is 126 Å². The summed E-state index contributed by atoms with van der Waals surface area (Å²) in [7, 11) is 2.14. The van der Waals surface area contributed by atoms with Crippen molar-refractivity contribution in [1.82, 2.24) is 4.90 Å². The molecule has 0 radical (unpaired) electrons. The minimum atomic E-state index is -0.287. The van der Waals surface area contributed by atoms with Gasteiger partial charge in [-0.3, -0.25) is 4.90 Å². The molecular weight excluding hydrogens is 271 g/mol. The van der Waals surface area contributed by atoms with Crippen LogP contribution >= 0.6 is 12.2 Å². The summed E-state index contributed by atoms with van der Waals surface area (Å²) in [5, 5.41) is 0. The highest BCUT2D eigenvalue weighted by Gasteiger charge is 2.25. The third-order valence-electron chi connectivity index (χ3n) is 4.39. The van der Waals surface area contributed by atoms with Gasteiger partial charge in [0.25, 0.3) is 0 Å². The maximum Gasteiger partial charge on any atom is 0.123 e. The van der Waals surface area contributed by atoms with Gasteiger partial charge in [0, 0.05) is 18.2 Å².